The van der Waals surface area contributed by atoms with E-state index in [2.05, 4.69) is 16.0 Å². The second-order valence-corrected chi connectivity index (χ2v) is 11.6. The Balaban J connectivity index is 2.04. The van der Waals surface area contributed by atoms with Crippen molar-refractivity contribution in [1.82, 2.24) is 20.9 Å². The molecule has 0 saturated carbocycles. The highest BCUT2D eigenvalue weighted by Crippen LogP contribution is 2.46. The number of ether oxygens (including phenoxy) is 1. The van der Waals surface area contributed by atoms with E-state index in [-0.39, 0.29) is 38.6 Å². The Morgan fingerprint density at radius 1 is 0.810 bits per heavy atom. The van der Waals surface area contributed by atoms with E-state index in [0.717, 1.165) is 11.1 Å². The minimum absolute atomic E-state index is 0.0461. The van der Waals surface area contributed by atoms with Crippen LogP contribution in [0, 0.1) is 5.92 Å². The Labute approximate surface area is 247 Å². The first kappa shape index (κ1) is 34.5. The number of nitrogens with one attached hydrogen (secondary N) is 3. The Morgan fingerprint density at radius 3 is 1.93 bits per heavy atom. The third-order valence-electron chi connectivity index (χ3n) is 5.89. The summed E-state index contributed by atoms with van der Waals surface area (Å²) < 4.78 is 28.5. The third-order valence-corrected chi connectivity index (χ3v) is 7.74. The first-order chi connectivity index (χ1) is 20.1. The van der Waals surface area contributed by atoms with Crippen molar-refractivity contribution in [2.45, 2.75) is 46.9 Å². The molecule has 2 aromatic carbocycles. The molecular formula is C29H41N4O8P. The van der Waals surface area contributed by atoms with Crippen molar-refractivity contribution in [3.8, 4) is 0 Å². The van der Waals surface area contributed by atoms with Crippen molar-refractivity contribution in [3.05, 3.63) is 71.8 Å². The fourth-order valence-electron chi connectivity index (χ4n) is 3.99. The van der Waals surface area contributed by atoms with E-state index in [1.165, 1.54) is 4.90 Å². The quantitative estimate of drug-likeness (QED) is 0.232. The molecule has 4 amide bonds. The van der Waals surface area contributed by atoms with Crippen LogP contribution in [0.3, 0.4) is 0 Å². The minimum atomic E-state index is -3.57. The number of hydrogen-bond acceptors (Lipinski definition) is 8. The number of carbonyl (C=O) groups excluding carboxylic acids is 4. The summed E-state index contributed by atoms with van der Waals surface area (Å²) in [5.41, 5.74) is 1.57. The van der Waals surface area contributed by atoms with Gasteiger partial charge in [0.15, 0.2) is 0 Å². The Kier molecular flexibility index (Phi) is 14.7. The number of alkyl carbamates (subject to hydrolysis) is 1. The van der Waals surface area contributed by atoms with Crippen molar-refractivity contribution < 1.29 is 37.5 Å². The standard InChI is InChI=1S/C29H41N4O8P/c1-5-40-42(38,41-6-2)21-32-28(36)27(22(3)4)33(19-23-13-9-7-10-14-23)26(35)18-30-25(34)17-31-29(37)39-20-24-15-11-8-12-16-24/h7-16,22,27H,5-6,17-21H2,1-4H3,(H,30,34)(H,31,37)(H,32,36). The van der Waals surface area contributed by atoms with Gasteiger partial charge in [0.05, 0.1) is 19.8 Å². The lowest BCUT2D eigenvalue weighted by molar-refractivity contribution is -0.142. The summed E-state index contributed by atoms with van der Waals surface area (Å²) in [5, 5.41) is 7.45. The molecule has 230 valence electrons. The molecule has 2 rings (SSSR count). The van der Waals surface area contributed by atoms with Crippen molar-refractivity contribution in [3.63, 3.8) is 0 Å². The van der Waals surface area contributed by atoms with E-state index in [1.807, 2.05) is 48.5 Å². The number of nitrogens with zero attached hydrogens (tertiary/aromatic N) is 1. The van der Waals surface area contributed by atoms with Crippen LogP contribution in [0.2, 0.25) is 0 Å². The molecular weight excluding hydrogens is 563 g/mol. The molecule has 0 fully saturated rings. The van der Waals surface area contributed by atoms with Gasteiger partial charge in [-0.25, -0.2) is 4.79 Å². The van der Waals surface area contributed by atoms with Crippen LogP contribution in [0.1, 0.15) is 38.8 Å². The van der Waals surface area contributed by atoms with E-state index < -0.39 is 50.5 Å². The average Bonchev–Trinajstić information content (AvgIpc) is 2.97. The van der Waals surface area contributed by atoms with Crippen molar-refractivity contribution in [2.75, 3.05) is 32.6 Å². The maximum absolute atomic E-state index is 13.4. The van der Waals surface area contributed by atoms with Crippen molar-refractivity contribution in [1.29, 1.82) is 0 Å². The molecule has 1 unspecified atom stereocenters. The summed E-state index contributed by atoms with van der Waals surface area (Å²) in [6, 6.07) is 17.2. The van der Waals surface area contributed by atoms with Crippen LogP contribution >= 0.6 is 7.60 Å². The minimum Gasteiger partial charge on any atom is -0.445 e. The molecule has 0 spiro atoms. The highest BCUT2D eigenvalue weighted by molar-refractivity contribution is 7.53. The van der Waals surface area contributed by atoms with Crippen LogP contribution in [0.5, 0.6) is 0 Å². The number of benzene rings is 2. The van der Waals surface area contributed by atoms with Gasteiger partial charge in [0.2, 0.25) is 17.7 Å². The molecule has 1 atom stereocenters. The van der Waals surface area contributed by atoms with Crippen molar-refractivity contribution in [2.24, 2.45) is 5.92 Å². The fourth-order valence-corrected chi connectivity index (χ4v) is 5.39. The summed E-state index contributed by atoms with van der Waals surface area (Å²) in [6.07, 6.45) is -1.13. The van der Waals surface area contributed by atoms with Gasteiger partial charge in [-0.2, -0.15) is 0 Å². The highest BCUT2D eigenvalue weighted by atomic mass is 31.2. The number of rotatable bonds is 17. The van der Waals surface area contributed by atoms with E-state index in [4.69, 9.17) is 13.8 Å². The third kappa shape index (κ3) is 12.0. The predicted molar refractivity (Wildman–Crippen MR) is 157 cm³/mol. The Morgan fingerprint density at radius 2 is 1.38 bits per heavy atom. The molecule has 3 N–H and O–H groups in total. The van der Waals surface area contributed by atoms with Gasteiger partial charge in [0.1, 0.15) is 25.5 Å². The summed E-state index contributed by atoms with van der Waals surface area (Å²) in [4.78, 5) is 52.5. The molecule has 0 bridgehead atoms. The molecule has 0 aliphatic heterocycles. The lowest BCUT2D eigenvalue weighted by atomic mass is 10.0. The first-order valence-corrected chi connectivity index (χ1v) is 15.5. The molecule has 0 aromatic heterocycles. The van der Waals surface area contributed by atoms with Crippen LogP contribution in [0.15, 0.2) is 60.7 Å². The van der Waals surface area contributed by atoms with Crippen LogP contribution < -0.4 is 16.0 Å². The second-order valence-electron chi connectivity index (χ2n) is 9.53. The molecule has 12 nitrogen and oxygen atoms in total. The number of hydrogen-bond donors (Lipinski definition) is 3. The van der Waals surface area contributed by atoms with Gasteiger partial charge in [-0.1, -0.05) is 74.5 Å². The van der Waals surface area contributed by atoms with Crippen molar-refractivity contribution >= 4 is 31.4 Å². The van der Waals surface area contributed by atoms with Crippen LogP contribution in [-0.4, -0.2) is 67.3 Å². The smallest absolute Gasteiger partial charge is 0.407 e. The SMILES string of the molecule is CCOP(=O)(CNC(=O)C(C(C)C)N(Cc1ccccc1)C(=O)CNC(=O)CNC(=O)OCc1ccccc1)OCC. The number of carbonyl (C=O) groups is 4. The van der Waals surface area contributed by atoms with Crippen LogP contribution in [0.25, 0.3) is 0 Å². The summed E-state index contributed by atoms with van der Waals surface area (Å²) in [5.74, 6) is -2.01. The first-order valence-electron chi connectivity index (χ1n) is 13.8. The zero-order chi connectivity index (χ0) is 31.0. The molecule has 0 heterocycles. The molecule has 13 heteroatoms. The molecule has 0 aliphatic carbocycles. The lowest BCUT2D eigenvalue weighted by Gasteiger charge is -2.34. The monoisotopic (exact) mass is 604 g/mol. The van der Waals surface area contributed by atoms with Gasteiger partial charge < -0.3 is 34.6 Å². The molecule has 0 saturated heterocycles. The van der Waals surface area contributed by atoms with Gasteiger partial charge in [-0.05, 0) is 30.9 Å². The lowest BCUT2D eigenvalue weighted by Crippen LogP contribution is -2.54. The summed E-state index contributed by atoms with van der Waals surface area (Å²) in [7, 11) is -3.57. The maximum atomic E-state index is 13.4. The molecule has 2 aromatic rings. The van der Waals surface area contributed by atoms with E-state index >= 15 is 0 Å². The molecule has 42 heavy (non-hydrogen) atoms. The summed E-state index contributed by atoms with van der Waals surface area (Å²) in [6.45, 7) is 6.49. The Hall–Kier alpha value is -3.73. The molecule has 0 radical (unpaired) electrons. The van der Waals surface area contributed by atoms with Gasteiger partial charge in [0.25, 0.3) is 0 Å². The summed E-state index contributed by atoms with van der Waals surface area (Å²) >= 11 is 0. The fraction of sp³-hybridized carbons (Fsp3) is 0.448. The number of amides is 4. The zero-order valence-electron chi connectivity index (χ0n) is 24.5. The largest absolute Gasteiger partial charge is 0.445 e. The van der Waals surface area contributed by atoms with Gasteiger partial charge in [-0.3, -0.25) is 18.9 Å². The van der Waals surface area contributed by atoms with E-state index in [0.29, 0.717) is 0 Å². The van der Waals surface area contributed by atoms with Gasteiger partial charge in [-0.15, -0.1) is 0 Å². The zero-order valence-corrected chi connectivity index (χ0v) is 25.4. The normalized spacial score (nSPS) is 11.8. The molecule has 0 aliphatic rings. The predicted octanol–water partition coefficient (Wildman–Crippen LogP) is 3.42. The van der Waals surface area contributed by atoms with Crippen LogP contribution in [0.4, 0.5) is 4.79 Å². The van der Waals surface area contributed by atoms with Crippen LogP contribution in [-0.2, 0) is 45.9 Å². The second kappa shape index (κ2) is 17.9. The van der Waals surface area contributed by atoms with Gasteiger partial charge in [0, 0.05) is 6.54 Å². The average molecular weight is 605 g/mol. The topological polar surface area (TPSA) is 152 Å². The highest BCUT2D eigenvalue weighted by Gasteiger charge is 2.34. The van der Waals surface area contributed by atoms with Gasteiger partial charge >= 0.3 is 13.7 Å². The van der Waals surface area contributed by atoms with E-state index in [9.17, 15) is 23.7 Å². The maximum Gasteiger partial charge on any atom is 0.407 e. The Bertz CT molecular complexity index is 1190. The van der Waals surface area contributed by atoms with E-state index in [1.54, 1.807) is 39.8 Å².